The van der Waals surface area contributed by atoms with Crippen molar-refractivity contribution in [3.63, 3.8) is 0 Å². The summed E-state index contributed by atoms with van der Waals surface area (Å²) in [6, 6.07) is 10.9. The maximum Gasteiger partial charge on any atom is 0.271 e. The van der Waals surface area contributed by atoms with Crippen LogP contribution in [0.1, 0.15) is 12.5 Å². The first kappa shape index (κ1) is 19.7. The van der Waals surface area contributed by atoms with E-state index in [0.29, 0.717) is 29.4 Å². The molecule has 9 nitrogen and oxygen atoms in total. The number of anilines is 1. The smallest absolute Gasteiger partial charge is 0.271 e. The summed E-state index contributed by atoms with van der Waals surface area (Å²) in [5.41, 5.74) is 0.892. The molecule has 0 aliphatic heterocycles. The van der Waals surface area contributed by atoms with E-state index in [1.807, 2.05) is 6.92 Å². The molecule has 2 aromatic rings. The third kappa shape index (κ3) is 5.99. The van der Waals surface area contributed by atoms with E-state index in [1.165, 1.54) is 31.5 Å². The molecule has 0 saturated heterocycles. The lowest BCUT2D eigenvalue weighted by molar-refractivity contribution is -0.384. The number of ether oxygens (including phenoxy) is 2. The van der Waals surface area contributed by atoms with Gasteiger partial charge >= 0.3 is 0 Å². The van der Waals surface area contributed by atoms with E-state index < -0.39 is 10.8 Å². The zero-order valence-corrected chi connectivity index (χ0v) is 14.9. The van der Waals surface area contributed by atoms with E-state index in [2.05, 4.69) is 10.5 Å². The van der Waals surface area contributed by atoms with Crippen molar-refractivity contribution in [3.05, 3.63) is 58.1 Å². The zero-order valence-electron chi connectivity index (χ0n) is 14.9. The number of non-ortho nitro benzene ring substituents is 1. The van der Waals surface area contributed by atoms with Crippen LogP contribution in [0.25, 0.3) is 0 Å². The second-order valence-corrected chi connectivity index (χ2v) is 5.21. The lowest BCUT2D eigenvalue weighted by Gasteiger charge is -2.09. The Bertz CT molecular complexity index is 838. The molecule has 0 aromatic heterocycles. The molecule has 142 valence electrons. The average molecular weight is 373 g/mol. The van der Waals surface area contributed by atoms with Crippen molar-refractivity contribution in [3.8, 4) is 11.5 Å². The van der Waals surface area contributed by atoms with Gasteiger partial charge in [-0.05, 0) is 31.2 Å². The number of methoxy groups -OCH3 is 1. The Balaban J connectivity index is 1.87. The monoisotopic (exact) mass is 373 g/mol. The summed E-state index contributed by atoms with van der Waals surface area (Å²) in [6.45, 7) is 2.06. The van der Waals surface area contributed by atoms with Crippen molar-refractivity contribution in [1.29, 1.82) is 0 Å². The molecule has 0 fully saturated rings. The van der Waals surface area contributed by atoms with Gasteiger partial charge in [0, 0.05) is 23.4 Å². The van der Waals surface area contributed by atoms with Crippen molar-refractivity contribution in [1.82, 2.24) is 0 Å². The largest absolute Gasteiger partial charge is 0.493 e. The highest BCUT2D eigenvalue weighted by molar-refractivity contribution is 5.92. The number of nitro groups is 1. The summed E-state index contributed by atoms with van der Waals surface area (Å²) < 4.78 is 10.7. The van der Waals surface area contributed by atoms with Crippen LogP contribution in [0.3, 0.4) is 0 Å². The Morgan fingerprint density at radius 2 is 2.07 bits per heavy atom. The predicted octanol–water partition coefficient (Wildman–Crippen LogP) is 2.99. The van der Waals surface area contributed by atoms with E-state index in [1.54, 1.807) is 24.3 Å². The molecule has 0 heterocycles. The molecule has 0 bridgehead atoms. The van der Waals surface area contributed by atoms with Crippen LogP contribution in [0.4, 0.5) is 11.4 Å². The van der Waals surface area contributed by atoms with Crippen LogP contribution in [0.15, 0.2) is 47.6 Å². The molecule has 0 aliphatic rings. The number of hydrogen-bond acceptors (Lipinski definition) is 7. The highest BCUT2D eigenvalue weighted by atomic mass is 16.6. The standard InChI is InChI=1S/C18H19N3O6/c1-3-26-16-8-7-13(9-17(16)25-2)11-19-27-12-18(22)20-14-5-4-6-15(10-14)21(23)24/h4-11H,3,12H2,1-2H3,(H,20,22)/b19-11+. The number of carbonyl (C=O) groups is 1. The minimum absolute atomic E-state index is 0.115. The van der Waals surface area contributed by atoms with Gasteiger partial charge in [0.1, 0.15) is 0 Å². The molecule has 1 N–H and O–H groups in total. The number of carbonyl (C=O) groups excluding carboxylic acids is 1. The van der Waals surface area contributed by atoms with Gasteiger partial charge < -0.3 is 19.6 Å². The van der Waals surface area contributed by atoms with Crippen molar-refractivity contribution in [2.75, 3.05) is 25.6 Å². The van der Waals surface area contributed by atoms with E-state index in [9.17, 15) is 14.9 Å². The number of amides is 1. The van der Waals surface area contributed by atoms with E-state index in [0.717, 1.165) is 0 Å². The summed E-state index contributed by atoms with van der Waals surface area (Å²) in [5, 5.41) is 16.9. The van der Waals surface area contributed by atoms with Crippen LogP contribution < -0.4 is 14.8 Å². The first-order valence-corrected chi connectivity index (χ1v) is 8.04. The Morgan fingerprint density at radius 1 is 1.26 bits per heavy atom. The molecule has 9 heteroatoms. The first-order valence-electron chi connectivity index (χ1n) is 8.04. The minimum atomic E-state index is -0.540. The maximum atomic E-state index is 11.8. The fourth-order valence-electron chi connectivity index (χ4n) is 2.13. The first-order chi connectivity index (χ1) is 13.0. The van der Waals surface area contributed by atoms with Gasteiger partial charge in [-0.15, -0.1) is 0 Å². The Labute approximate surface area is 155 Å². The van der Waals surface area contributed by atoms with Crippen LogP contribution >= 0.6 is 0 Å². The molecular formula is C18H19N3O6. The van der Waals surface area contributed by atoms with Gasteiger partial charge in [-0.1, -0.05) is 11.2 Å². The van der Waals surface area contributed by atoms with Crippen molar-refractivity contribution < 1.29 is 24.0 Å². The topological polar surface area (TPSA) is 112 Å². The minimum Gasteiger partial charge on any atom is -0.493 e. The van der Waals surface area contributed by atoms with Crippen LogP contribution in [-0.4, -0.2) is 37.4 Å². The van der Waals surface area contributed by atoms with Crippen LogP contribution in [-0.2, 0) is 9.63 Å². The number of hydrogen-bond donors (Lipinski definition) is 1. The molecule has 0 saturated carbocycles. The number of nitrogens with one attached hydrogen (secondary N) is 1. The highest BCUT2D eigenvalue weighted by Crippen LogP contribution is 2.27. The molecule has 0 radical (unpaired) electrons. The lowest BCUT2D eigenvalue weighted by atomic mass is 10.2. The van der Waals surface area contributed by atoms with Gasteiger partial charge in [-0.2, -0.15) is 0 Å². The van der Waals surface area contributed by atoms with E-state index >= 15 is 0 Å². The second kappa shape index (κ2) is 9.76. The zero-order chi connectivity index (χ0) is 19.6. The molecule has 0 aliphatic carbocycles. The van der Waals surface area contributed by atoms with Crippen LogP contribution in [0, 0.1) is 10.1 Å². The SMILES string of the molecule is CCOc1ccc(/C=N/OCC(=O)Nc2cccc([N+](=O)[O-])c2)cc1OC. The summed E-state index contributed by atoms with van der Waals surface area (Å²) in [7, 11) is 1.54. The fourth-order valence-corrected chi connectivity index (χ4v) is 2.13. The number of oxime groups is 1. The summed E-state index contributed by atoms with van der Waals surface area (Å²) in [5.74, 6) is 0.690. The molecule has 2 rings (SSSR count). The maximum absolute atomic E-state index is 11.8. The van der Waals surface area contributed by atoms with Crippen molar-refractivity contribution in [2.24, 2.45) is 5.16 Å². The quantitative estimate of drug-likeness (QED) is 0.411. The van der Waals surface area contributed by atoms with Gasteiger partial charge in [0.25, 0.3) is 11.6 Å². The van der Waals surface area contributed by atoms with Crippen LogP contribution in [0.5, 0.6) is 11.5 Å². The van der Waals surface area contributed by atoms with Gasteiger partial charge in [0.05, 0.1) is 24.9 Å². The Kier molecular flexibility index (Phi) is 7.12. The molecule has 1 amide bonds. The summed E-state index contributed by atoms with van der Waals surface area (Å²) in [6.07, 6.45) is 1.43. The second-order valence-electron chi connectivity index (χ2n) is 5.21. The number of nitrogens with zero attached hydrogens (tertiary/aromatic N) is 2. The highest BCUT2D eigenvalue weighted by Gasteiger charge is 2.08. The average Bonchev–Trinajstić information content (AvgIpc) is 2.66. The fraction of sp³-hybridized carbons (Fsp3) is 0.222. The Hall–Kier alpha value is -3.62. The lowest BCUT2D eigenvalue weighted by Crippen LogP contribution is -2.17. The third-order valence-electron chi connectivity index (χ3n) is 3.30. The van der Waals surface area contributed by atoms with Gasteiger partial charge in [-0.3, -0.25) is 14.9 Å². The van der Waals surface area contributed by atoms with Crippen molar-refractivity contribution >= 4 is 23.5 Å². The molecule has 0 unspecified atom stereocenters. The normalized spacial score (nSPS) is 10.4. The third-order valence-corrected chi connectivity index (χ3v) is 3.30. The summed E-state index contributed by atoms with van der Waals surface area (Å²) in [4.78, 5) is 26.9. The van der Waals surface area contributed by atoms with E-state index in [-0.39, 0.29) is 12.3 Å². The van der Waals surface area contributed by atoms with Crippen LogP contribution in [0.2, 0.25) is 0 Å². The van der Waals surface area contributed by atoms with Gasteiger partial charge in [0.2, 0.25) is 0 Å². The molecule has 2 aromatic carbocycles. The van der Waals surface area contributed by atoms with Gasteiger partial charge in [0.15, 0.2) is 18.1 Å². The molecular weight excluding hydrogens is 354 g/mol. The summed E-state index contributed by atoms with van der Waals surface area (Å²) >= 11 is 0. The molecule has 27 heavy (non-hydrogen) atoms. The number of nitro benzene ring substituents is 1. The Morgan fingerprint density at radius 3 is 2.78 bits per heavy atom. The number of rotatable bonds is 9. The predicted molar refractivity (Wildman–Crippen MR) is 99.4 cm³/mol. The van der Waals surface area contributed by atoms with Crippen molar-refractivity contribution in [2.45, 2.75) is 6.92 Å². The molecule has 0 spiro atoms. The van der Waals surface area contributed by atoms with Gasteiger partial charge in [-0.25, -0.2) is 0 Å². The molecule has 0 atom stereocenters. The van der Waals surface area contributed by atoms with E-state index in [4.69, 9.17) is 14.3 Å². The number of benzene rings is 2.